The number of hydrogen-bond acceptors (Lipinski definition) is 3. The molecule has 37 heavy (non-hydrogen) atoms. The topological polar surface area (TPSA) is 38.9 Å². The van der Waals surface area contributed by atoms with E-state index in [9.17, 15) is 0 Å². The van der Waals surface area contributed by atoms with Gasteiger partial charge in [0.1, 0.15) is 5.58 Å². The Balaban J connectivity index is 1.56. The van der Waals surface area contributed by atoms with E-state index in [2.05, 4.69) is 61.1 Å². The SMILES string of the molecule is [2H]C([2H])([2H])c1ccc2c(n1)oc1c(-c3cc(-c4cc(C)c(-c5ccc(C)cc5)c(C)c4C)c(C([2H])([2H])[2H])cn3)cccc12. The van der Waals surface area contributed by atoms with Crippen molar-refractivity contribution in [2.24, 2.45) is 0 Å². The highest BCUT2D eigenvalue weighted by atomic mass is 16.3. The molecule has 3 aromatic carbocycles. The van der Waals surface area contributed by atoms with Crippen molar-refractivity contribution in [2.75, 3.05) is 0 Å². The van der Waals surface area contributed by atoms with Gasteiger partial charge in [0.05, 0.1) is 5.69 Å². The third kappa shape index (κ3) is 3.82. The van der Waals surface area contributed by atoms with E-state index >= 15 is 0 Å². The van der Waals surface area contributed by atoms with Gasteiger partial charge in [0, 0.05) is 36.5 Å². The lowest BCUT2D eigenvalue weighted by molar-refractivity contribution is 0.653. The van der Waals surface area contributed by atoms with E-state index in [4.69, 9.17) is 12.6 Å². The molecule has 0 fully saturated rings. The maximum absolute atomic E-state index is 8.31. The lowest BCUT2D eigenvalue weighted by Crippen LogP contribution is -1.98. The predicted octanol–water partition coefficient (Wildman–Crippen LogP) is 9.23. The zero-order chi connectivity index (χ0) is 30.8. The number of rotatable bonds is 3. The van der Waals surface area contributed by atoms with Gasteiger partial charge in [-0.15, -0.1) is 0 Å². The summed E-state index contributed by atoms with van der Waals surface area (Å²) in [7, 11) is 0. The molecule has 3 aromatic heterocycles. The molecule has 0 saturated carbocycles. The maximum Gasteiger partial charge on any atom is 0.227 e. The molecule has 0 bridgehead atoms. The van der Waals surface area contributed by atoms with Crippen molar-refractivity contribution in [2.45, 2.75) is 41.4 Å². The average molecular weight is 489 g/mol. The van der Waals surface area contributed by atoms with Crippen LogP contribution in [0.2, 0.25) is 0 Å². The fourth-order valence-corrected chi connectivity index (χ4v) is 5.23. The fourth-order valence-electron chi connectivity index (χ4n) is 5.23. The molecule has 182 valence electrons. The summed E-state index contributed by atoms with van der Waals surface area (Å²) in [5.41, 5.74) is 10.1. The van der Waals surface area contributed by atoms with Crippen LogP contribution >= 0.6 is 0 Å². The molecule has 3 nitrogen and oxygen atoms in total. The number of benzene rings is 3. The number of para-hydroxylation sites is 1. The van der Waals surface area contributed by atoms with Crippen LogP contribution in [-0.2, 0) is 0 Å². The first kappa shape index (κ1) is 17.3. The predicted molar refractivity (Wildman–Crippen MR) is 154 cm³/mol. The molecule has 0 spiro atoms. The van der Waals surface area contributed by atoms with Crippen LogP contribution in [0.3, 0.4) is 0 Å². The molecule has 6 rings (SSSR count). The Kier molecular flexibility index (Phi) is 4.06. The molecule has 0 unspecified atom stereocenters. The van der Waals surface area contributed by atoms with Gasteiger partial charge in [0.2, 0.25) is 5.71 Å². The highest BCUT2D eigenvalue weighted by molar-refractivity contribution is 6.08. The highest BCUT2D eigenvalue weighted by Crippen LogP contribution is 2.39. The van der Waals surface area contributed by atoms with E-state index in [1.54, 1.807) is 6.07 Å². The lowest BCUT2D eigenvalue weighted by atomic mass is 9.86. The van der Waals surface area contributed by atoms with Gasteiger partial charge in [0.15, 0.2) is 0 Å². The van der Waals surface area contributed by atoms with Gasteiger partial charge in [-0.05, 0) is 110 Å². The van der Waals surface area contributed by atoms with Gasteiger partial charge in [-0.25, -0.2) is 4.98 Å². The van der Waals surface area contributed by atoms with E-state index in [1.165, 1.54) is 17.8 Å². The molecule has 0 radical (unpaired) electrons. The minimum absolute atomic E-state index is 0.0432. The number of pyridine rings is 2. The first-order chi connectivity index (χ1) is 20.2. The van der Waals surface area contributed by atoms with E-state index < -0.39 is 13.7 Å². The number of fused-ring (bicyclic) bond motifs is 3. The quantitative estimate of drug-likeness (QED) is 0.249. The first-order valence-electron chi connectivity index (χ1n) is 15.3. The van der Waals surface area contributed by atoms with Crippen LogP contribution in [0.25, 0.3) is 55.6 Å². The number of aryl methyl sites for hydroxylation is 4. The molecule has 6 aromatic rings. The van der Waals surface area contributed by atoms with Crippen molar-refractivity contribution in [3.8, 4) is 33.5 Å². The Morgan fingerprint density at radius 1 is 0.730 bits per heavy atom. The lowest BCUT2D eigenvalue weighted by Gasteiger charge is -2.19. The van der Waals surface area contributed by atoms with Crippen LogP contribution in [0.15, 0.2) is 77.3 Å². The molecule has 0 aliphatic rings. The second-order valence-electron chi connectivity index (χ2n) is 9.68. The molecule has 3 heteroatoms. The minimum Gasteiger partial charge on any atom is -0.437 e. The van der Waals surface area contributed by atoms with Crippen LogP contribution in [0.5, 0.6) is 0 Å². The fraction of sp³-hybridized carbons (Fsp3) is 0.176. The molecular weight excluding hydrogens is 452 g/mol. The molecule has 0 N–H and O–H groups in total. The van der Waals surface area contributed by atoms with Gasteiger partial charge in [-0.1, -0.05) is 48.0 Å². The summed E-state index contributed by atoms with van der Waals surface area (Å²) < 4.78 is 54.2. The van der Waals surface area contributed by atoms with Crippen molar-refractivity contribution >= 4 is 22.1 Å². The van der Waals surface area contributed by atoms with Gasteiger partial charge in [-0.2, -0.15) is 0 Å². The molecular formula is C34H30N2O. The van der Waals surface area contributed by atoms with Crippen molar-refractivity contribution in [1.82, 2.24) is 9.97 Å². The molecule has 0 atom stereocenters. The summed E-state index contributed by atoms with van der Waals surface area (Å²) in [4.78, 5) is 8.87. The van der Waals surface area contributed by atoms with Gasteiger partial charge in [0.25, 0.3) is 0 Å². The van der Waals surface area contributed by atoms with Crippen molar-refractivity contribution < 1.29 is 12.6 Å². The van der Waals surface area contributed by atoms with Crippen molar-refractivity contribution in [3.63, 3.8) is 0 Å². The Hall–Kier alpha value is -4.24. The number of furan rings is 1. The summed E-state index contributed by atoms with van der Waals surface area (Å²) in [5.74, 6) is 0. The van der Waals surface area contributed by atoms with Crippen LogP contribution in [0, 0.1) is 41.4 Å². The Morgan fingerprint density at radius 3 is 2.35 bits per heavy atom. The molecule has 0 amide bonds. The van der Waals surface area contributed by atoms with Crippen LogP contribution < -0.4 is 0 Å². The summed E-state index contributed by atoms with van der Waals surface area (Å²) in [6.07, 6.45) is 1.43. The number of aromatic nitrogens is 2. The minimum atomic E-state index is -2.38. The standard InChI is InChI=1S/C34H30N2O/c1-19-10-13-25(14-11-19)32-20(2)16-30(23(5)24(32)6)29-17-31(35-18-21(29)3)28-9-7-8-26-27-15-12-22(4)36-34(27)37-33(26)28/h7-18H,1-6H3/i3D3,4D3. The van der Waals surface area contributed by atoms with E-state index in [0.29, 0.717) is 27.8 Å². The zero-order valence-electron chi connectivity index (χ0n) is 27.2. The average Bonchev–Trinajstić information content (AvgIpc) is 3.33. The maximum atomic E-state index is 8.31. The Bertz CT molecular complexity index is 2040. The third-order valence-corrected chi connectivity index (χ3v) is 7.27. The Labute approximate surface area is 226 Å². The first-order valence-corrected chi connectivity index (χ1v) is 12.3. The van der Waals surface area contributed by atoms with Gasteiger partial charge >= 0.3 is 0 Å². The van der Waals surface area contributed by atoms with E-state index in [1.807, 2.05) is 31.2 Å². The summed E-state index contributed by atoms with van der Waals surface area (Å²) in [6.45, 7) is 3.48. The second kappa shape index (κ2) is 8.70. The summed E-state index contributed by atoms with van der Waals surface area (Å²) in [5, 5.41) is 1.46. The highest BCUT2D eigenvalue weighted by Gasteiger charge is 2.18. The Morgan fingerprint density at radius 2 is 1.57 bits per heavy atom. The van der Waals surface area contributed by atoms with Crippen LogP contribution in [-0.4, -0.2) is 9.97 Å². The van der Waals surface area contributed by atoms with Crippen LogP contribution in [0.4, 0.5) is 0 Å². The molecule has 0 aliphatic heterocycles. The van der Waals surface area contributed by atoms with Crippen LogP contribution in [0.1, 0.15) is 41.7 Å². The van der Waals surface area contributed by atoms with Gasteiger partial charge < -0.3 is 4.42 Å². The normalized spacial score (nSPS) is 14.6. The largest absolute Gasteiger partial charge is 0.437 e. The molecule has 0 aliphatic carbocycles. The number of hydrogen-bond donors (Lipinski definition) is 0. The summed E-state index contributed by atoms with van der Waals surface area (Å²) in [6, 6.07) is 21.1. The monoisotopic (exact) mass is 488 g/mol. The number of nitrogens with zero attached hydrogens (tertiary/aromatic N) is 2. The molecule has 3 heterocycles. The van der Waals surface area contributed by atoms with E-state index in [-0.39, 0.29) is 17.0 Å². The third-order valence-electron chi connectivity index (χ3n) is 7.27. The molecule has 0 saturated heterocycles. The zero-order valence-corrected chi connectivity index (χ0v) is 21.2. The van der Waals surface area contributed by atoms with Crippen molar-refractivity contribution in [1.29, 1.82) is 0 Å². The van der Waals surface area contributed by atoms with E-state index in [0.717, 1.165) is 38.8 Å². The second-order valence-corrected chi connectivity index (χ2v) is 9.68. The van der Waals surface area contributed by atoms with Crippen molar-refractivity contribution in [3.05, 3.63) is 106 Å². The smallest absolute Gasteiger partial charge is 0.227 e. The van der Waals surface area contributed by atoms with Gasteiger partial charge in [-0.3, -0.25) is 4.98 Å². The summed E-state index contributed by atoms with van der Waals surface area (Å²) >= 11 is 0.